The predicted molar refractivity (Wildman–Crippen MR) is 63.5 cm³/mol. The summed E-state index contributed by atoms with van der Waals surface area (Å²) in [5, 5.41) is 10.1. The number of unbranched alkanes of at least 4 members (excludes halogenated alkanes) is 1. The van der Waals surface area contributed by atoms with Crippen molar-refractivity contribution in [3.05, 3.63) is 35.9 Å². The Labute approximate surface area is 92.1 Å². The molecule has 0 heterocycles. The van der Waals surface area contributed by atoms with Crippen molar-refractivity contribution in [1.29, 1.82) is 0 Å². The Morgan fingerprint density at radius 3 is 2.47 bits per heavy atom. The van der Waals surface area contributed by atoms with E-state index in [1.54, 1.807) is 0 Å². The van der Waals surface area contributed by atoms with Crippen LogP contribution in [-0.4, -0.2) is 11.7 Å². The fraction of sp³-hybridized carbons (Fsp3) is 0.538. The van der Waals surface area contributed by atoms with Gasteiger partial charge in [-0.1, -0.05) is 50.1 Å². The molecule has 3 N–H and O–H groups in total. The molecule has 1 aromatic rings. The number of hydrogen-bond acceptors (Lipinski definition) is 2. The average molecular weight is 207 g/mol. The molecule has 0 spiro atoms. The van der Waals surface area contributed by atoms with Crippen LogP contribution in [0.1, 0.15) is 37.9 Å². The summed E-state index contributed by atoms with van der Waals surface area (Å²) in [6.45, 7) is 2.71. The molecule has 0 radical (unpaired) electrons. The summed E-state index contributed by atoms with van der Waals surface area (Å²) in [5.74, 6) is 0.187. The second-order valence-electron chi connectivity index (χ2n) is 3.99. The molecule has 2 atom stereocenters. The average Bonchev–Trinajstić information content (AvgIpc) is 2.31. The number of nitrogens with two attached hydrogens (primary N) is 1. The lowest BCUT2D eigenvalue weighted by atomic mass is 9.91. The summed E-state index contributed by atoms with van der Waals surface area (Å²) < 4.78 is 0. The second kappa shape index (κ2) is 6.59. The number of aliphatic hydroxyl groups is 1. The van der Waals surface area contributed by atoms with Gasteiger partial charge in [0.2, 0.25) is 0 Å². The quantitative estimate of drug-likeness (QED) is 0.752. The number of rotatable bonds is 6. The van der Waals surface area contributed by atoms with Crippen molar-refractivity contribution >= 4 is 0 Å². The summed E-state index contributed by atoms with van der Waals surface area (Å²) in [4.78, 5) is 0. The van der Waals surface area contributed by atoms with Crippen molar-refractivity contribution in [3.8, 4) is 0 Å². The van der Waals surface area contributed by atoms with Crippen molar-refractivity contribution in [2.45, 2.75) is 32.3 Å². The lowest BCUT2D eigenvalue weighted by molar-refractivity contribution is 0.106. The summed E-state index contributed by atoms with van der Waals surface area (Å²) in [5.41, 5.74) is 6.67. The molecule has 0 saturated carbocycles. The first-order valence-electron chi connectivity index (χ1n) is 5.72. The van der Waals surface area contributed by atoms with Gasteiger partial charge in [-0.15, -0.1) is 0 Å². The predicted octanol–water partition coefficient (Wildman–Crippen LogP) is 2.49. The van der Waals surface area contributed by atoms with E-state index in [1.165, 1.54) is 0 Å². The zero-order valence-corrected chi connectivity index (χ0v) is 9.39. The third-order valence-electron chi connectivity index (χ3n) is 2.82. The zero-order valence-electron chi connectivity index (χ0n) is 9.39. The van der Waals surface area contributed by atoms with Gasteiger partial charge in [-0.3, -0.25) is 0 Å². The topological polar surface area (TPSA) is 46.2 Å². The van der Waals surface area contributed by atoms with Crippen LogP contribution < -0.4 is 5.73 Å². The lowest BCUT2D eigenvalue weighted by Crippen LogP contribution is -2.22. The molecule has 0 fully saturated rings. The molecule has 1 rings (SSSR count). The fourth-order valence-electron chi connectivity index (χ4n) is 1.79. The van der Waals surface area contributed by atoms with Gasteiger partial charge in [0.1, 0.15) is 0 Å². The van der Waals surface area contributed by atoms with Crippen molar-refractivity contribution in [1.82, 2.24) is 0 Å². The molecule has 0 aliphatic rings. The molecule has 15 heavy (non-hydrogen) atoms. The van der Waals surface area contributed by atoms with E-state index in [2.05, 4.69) is 6.92 Å². The van der Waals surface area contributed by atoms with Gasteiger partial charge in [0, 0.05) is 5.92 Å². The Bertz CT molecular complexity index is 260. The van der Waals surface area contributed by atoms with E-state index >= 15 is 0 Å². The largest absolute Gasteiger partial charge is 0.388 e. The van der Waals surface area contributed by atoms with Crippen LogP contribution in [-0.2, 0) is 0 Å². The smallest absolute Gasteiger partial charge is 0.0830 e. The van der Waals surface area contributed by atoms with E-state index in [9.17, 15) is 5.11 Å². The molecular weight excluding hydrogens is 186 g/mol. The minimum absolute atomic E-state index is 0.187. The first kappa shape index (κ1) is 12.2. The molecule has 1 aromatic carbocycles. The summed E-state index contributed by atoms with van der Waals surface area (Å²) >= 11 is 0. The highest BCUT2D eigenvalue weighted by molar-refractivity contribution is 5.18. The molecule has 2 nitrogen and oxygen atoms in total. The van der Waals surface area contributed by atoms with Crippen LogP contribution in [0.25, 0.3) is 0 Å². The molecule has 0 aromatic heterocycles. The molecular formula is C13H21NO. The monoisotopic (exact) mass is 207 g/mol. The highest BCUT2D eigenvalue weighted by Crippen LogP contribution is 2.25. The van der Waals surface area contributed by atoms with Crippen LogP contribution in [0.5, 0.6) is 0 Å². The van der Waals surface area contributed by atoms with Crippen LogP contribution in [0.2, 0.25) is 0 Å². The van der Waals surface area contributed by atoms with Gasteiger partial charge in [-0.25, -0.2) is 0 Å². The Hall–Kier alpha value is -0.860. The Kier molecular flexibility index (Phi) is 5.37. The van der Waals surface area contributed by atoms with Gasteiger partial charge < -0.3 is 10.8 Å². The number of hydrogen-bond donors (Lipinski definition) is 2. The Morgan fingerprint density at radius 2 is 1.93 bits per heavy atom. The third kappa shape index (κ3) is 3.65. The highest BCUT2D eigenvalue weighted by Gasteiger charge is 2.18. The summed E-state index contributed by atoms with van der Waals surface area (Å²) in [7, 11) is 0. The number of benzene rings is 1. The van der Waals surface area contributed by atoms with Crippen LogP contribution in [0.3, 0.4) is 0 Å². The summed E-state index contributed by atoms with van der Waals surface area (Å²) in [6, 6.07) is 9.77. The van der Waals surface area contributed by atoms with E-state index in [4.69, 9.17) is 5.73 Å². The minimum atomic E-state index is -0.414. The fourth-order valence-corrected chi connectivity index (χ4v) is 1.79. The first-order valence-corrected chi connectivity index (χ1v) is 5.72. The second-order valence-corrected chi connectivity index (χ2v) is 3.99. The molecule has 0 unspecified atom stereocenters. The van der Waals surface area contributed by atoms with Gasteiger partial charge in [-0.2, -0.15) is 0 Å². The van der Waals surface area contributed by atoms with Crippen molar-refractivity contribution < 1.29 is 5.11 Å². The van der Waals surface area contributed by atoms with Crippen molar-refractivity contribution in [2.75, 3.05) is 6.54 Å². The van der Waals surface area contributed by atoms with E-state index in [-0.39, 0.29) is 5.92 Å². The SMILES string of the molecule is CCCC[C@H](CN)[C@@H](O)c1ccccc1. The zero-order chi connectivity index (χ0) is 11.1. The lowest BCUT2D eigenvalue weighted by Gasteiger charge is -2.21. The van der Waals surface area contributed by atoms with Crippen LogP contribution in [0.15, 0.2) is 30.3 Å². The van der Waals surface area contributed by atoms with E-state index in [0.29, 0.717) is 6.54 Å². The maximum atomic E-state index is 10.1. The van der Waals surface area contributed by atoms with Gasteiger partial charge in [0.15, 0.2) is 0 Å². The van der Waals surface area contributed by atoms with Gasteiger partial charge >= 0.3 is 0 Å². The Balaban J connectivity index is 2.60. The molecule has 0 aliphatic carbocycles. The van der Waals surface area contributed by atoms with Gasteiger partial charge in [-0.05, 0) is 18.5 Å². The molecule has 2 heteroatoms. The van der Waals surface area contributed by atoms with Gasteiger partial charge in [0.25, 0.3) is 0 Å². The van der Waals surface area contributed by atoms with Crippen LogP contribution >= 0.6 is 0 Å². The maximum absolute atomic E-state index is 10.1. The maximum Gasteiger partial charge on any atom is 0.0830 e. The third-order valence-corrected chi connectivity index (χ3v) is 2.82. The molecule has 0 aliphatic heterocycles. The first-order chi connectivity index (χ1) is 7.29. The van der Waals surface area contributed by atoms with Crippen molar-refractivity contribution in [3.63, 3.8) is 0 Å². The van der Waals surface area contributed by atoms with Crippen LogP contribution in [0.4, 0.5) is 0 Å². The van der Waals surface area contributed by atoms with E-state index in [0.717, 1.165) is 24.8 Å². The normalized spacial score (nSPS) is 14.9. The standard InChI is InChI=1S/C13H21NO/c1-2-3-7-12(10-14)13(15)11-8-5-4-6-9-11/h4-6,8-9,12-13,15H,2-3,7,10,14H2,1H3/t12-,13+/m1/s1. The highest BCUT2D eigenvalue weighted by atomic mass is 16.3. The number of aliphatic hydroxyl groups excluding tert-OH is 1. The van der Waals surface area contributed by atoms with Crippen molar-refractivity contribution in [2.24, 2.45) is 11.7 Å². The van der Waals surface area contributed by atoms with Crippen LogP contribution in [0, 0.1) is 5.92 Å². The minimum Gasteiger partial charge on any atom is -0.388 e. The molecule has 0 amide bonds. The molecule has 84 valence electrons. The van der Waals surface area contributed by atoms with E-state index in [1.807, 2.05) is 30.3 Å². The Morgan fingerprint density at radius 1 is 1.27 bits per heavy atom. The van der Waals surface area contributed by atoms with E-state index < -0.39 is 6.10 Å². The molecule has 0 bridgehead atoms. The van der Waals surface area contributed by atoms with Gasteiger partial charge in [0.05, 0.1) is 6.10 Å². The summed E-state index contributed by atoms with van der Waals surface area (Å²) in [6.07, 6.45) is 2.87. The molecule has 0 saturated heterocycles.